The summed E-state index contributed by atoms with van der Waals surface area (Å²) in [6.45, 7) is 3.45. The van der Waals surface area contributed by atoms with E-state index in [1.165, 1.54) is 16.0 Å². The highest BCUT2D eigenvalue weighted by Crippen LogP contribution is 2.42. The third-order valence-corrected chi connectivity index (χ3v) is 7.37. The molecule has 1 saturated heterocycles. The minimum atomic E-state index is -0.538. The van der Waals surface area contributed by atoms with Crippen molar-refractivity contribution in [1.82, 2.24) is 9.80 Å². The first-order valence-electron chi connectivity index (χ1n) is 10.5. The van der Waals surface area contributed by atoms with E-state index in [0.717, 1.165) is 25.8 Å². The van der Waals surface area contributed by atoms with Gasteiger partial charge in [0, 0.05) is 38.0 Å². The van der Waals surface area contributed by atoms with E-state index in [9.17, 15) is 9.59 Å². The molecule has 0 spiro atoms. The second kappa shape index (κ2) is 7.94. The van der Waals surface area contributed by atoms with Crippen LogP contribution in [-0.2, 0) is 16.0 Å². The fraction of sp³-hybridized carbons (Fsp3) is 0.500. The van der Waals surface area contributed by atoms with Crippen LogP contribution >= 0.6 is 11.3 Å². The van der Waals surface area contributed by atoms with Gasteiger partial charge in [0.2, 0.25) is 11.8 Å². The highest BCUT2D eigenvalue weighted by atomic mass is 32.1. The molecule has 3 atom stereocenters. The van der Waals surface area contributed by atoms with Crippen LogP contribution in [0.25, 0.3) is 10.4 Å². The Morgan fingerprint density at radius 1 is 1.24 bits per heavy atom. The first-order valence-corrected chi connectivity index (χ1v) is 11.4. The molecule has 0 radical (unpaired) electrons. The monoisotopic (exact) mass is 410 g/mol. The first-order chi connectivity index (χ1) is 13.9. The number of rotatable bonds is 5. The number of likely N-dealkylation sites (tertiary alicyclic amines) is 1. The molecule has 2 fully saturated rings. The summed E-state index contributed by atoms with van der Waals surface area (Å²) < 4.78 is 0. The molecule has 1 aromatic heterocycles. The van der Waals surface area contributed by atoms with Crippen LogP contribution in [-0.4, -0.2) is 48.8 Å². The summed E-state index contributed by atoms with van der Waals surface area (Å²) in [6.07, 6.45) is 3.38. The molecule has 2 aliphatic rings. The standard InChI is InChI=1S/C24H30N2O2S/c1-17-13-20(17)22(27)26-11-6-10-24(16-26,23(28)25(2)3)15-18-7-4-8-19(14-18)21-9-5-12-29-21/h4-5,7-9,12,14,17,20H,6,10-11,13,15-16H2,1-3H3/t17-,20-,24-/m1/s1. The molecule has 1 saturated carbocycles. The van der Waals surface area contributed by atoms with Crippen LogP contribution < -0.4 is 0 Å². The predicted molar refractivity (Wildman–Crippen MR) is 118 cm³/mol. The third kappa shape index (κ3) is 4.11. The number of piperidine rings is 1. The number of carbonyl (C=O) groups excluding carboxylic acids is 2. The molecule has 0 unspecified atom stereocenters. The molecular formula is C24H30N2O2S. The van der Waals surface area contributed by atoms with E-state index in [0.29, 0.717) is 18.9 Å². The maximum Gasteiger partial charge on any atom is 0.230 e. The summed E-state index contributed by atoms with van der Waals surface area (Å²) in [4.78, 5) is 31.2. The number of hydrogen-bond acceptors (Lipinski definition) is 3. The highest BCUT2D eigenvalue weighted by molar-refractivity contribution is 7.13. The van der Waals surface area contributed by atoms with Crippen LogP contribution in [0.4, 0.5) is 0 Å². The van der Waals surface area contributed by atoms with Gasteiger partial charge in [-0.15, -0.1) is 11.3 Å². The predicted octanol–water partition coefficient (Wildman–Crippen LogP) is 4.31. The van der Waals surface area contributed by atoms with Crippen LogP contribution in [0, 0.1) is 17.3 Å². The lowest BCUT2D eigenvalue weighted by Crippen LogP contribution is -2.54. The van der Waals surface area contributed by atoms with Gasteiger partial charge in [0.05, 0.1) is 5.41 Å². The van der Waals surface area contributed by atoms with Crippen molar-refractivity contribution in [2.24, 2.45) is 17.3 Å². The molecule has 154 valence electrons. The van der Waals surface area contributed by atoms with Gasteiger partial charge in [-0.1, -0.05) is 37.3 Å². The van der Waals surface area contributed by atoms with Crippen LogP contribution in [0.1, 0.15) is 31.7 Å². The van der Waals surface area contributed by atoms with E-state index in [2.05, 4.69) is 48.7 Å². The number of carbonyl (C=O) groups is 2. The average molecular weight is 411 g/mol. The molecule has 0 bridgehead atoms. The van der Waals surface area contributed by atoms with Gasteiger partial charge in [0.15, 0.2) is 0 Å². The van der Waals surface area contributed by atoms with Gasteiger partial charge in [-0.25, -0.2) is 0 Å². The van der Waals surface area contributed by atoms with E-state index in [4.69, 9.17) is 0 Å². The smallest absolute Gasteiger partial charge is 0.230 e. The van der Waals surface area contributed by atoms with E-state index in [-0.39, 0.29) is 17.7 Å². The molecule has 1 aliphatic carbocycles. The Morgan fingerprint density at radius 2 is 2.03 bits per heavy atom. The van der Waals surface area contributed by atoms with Gasteiger partial charge in [0.1, 0.15) is 0 Å². The molecule has 2 aromatic rings. The van der Waals surface area contributed by atoms with Crippen molar-refractivity contribution in [3.63, 3.8) is 0 Å². The lowest BCUT2D eigenvalue weighted by Gasteiger charge is -2.43. The van der Waals surface area contributed by atoms with Crippen molar-refractivity contribution in [1.29, 1.82) is 0 Å². The lowest BCUT2D eigenvalue weighted by molar-refractivity contribution is -0.147. The van der Waals surface area contributed by atoms with E-state index < -0.39 is 5.41 Å². The summed E-state index contributed by atoms with van der Waals surface area (Å²) >= 11 is 1.73. The number of hydrogen-bond donors (Lipinski definition) is 0. The molecule has 1 aliphatic heterocycles. The van der Waals surface area contributed by atoms with Crippen molar-refractivity contribution in [2.45, 2.75) is 32.6 Å². The van der Waals surface area contributed by atoms with Gasteiger partial charge >= 0.3 is 0 Å². The Hall–Kier alpha value is -2.14. The lowest BCUT2D eigenvalue weighted by atomic mass is 9.73. The first kappa shape index (κ1) is 20.1. The van der Waals surface area contributed by atoms with Crippen LogP contribution in [0.5, 0.6) is 0 Å². The Balaban J connectivity index is 1.61. The van der Waals surface area contributed by atoms with E-state index in [1.54, 1.807) is 16.2 Å². The second-order valence-electron chi connectivity index (χ2n) is 9.02. The van der Waals surface area contributed by atoms with Gasteiger partial charge in [-0.05, 0) is 54.2 Å². The van der Waals surface area contributed by atoms with E-state index in [1.807, 2.05) is 19.0 Å². The quantitative estimate of drug-likeness (QED) is 0.737. The summed E-state index contributed by atoms with van der Waals surface area (Å²) in [5, 5.41) is 2.09. The van der Waals surface area contributed by atoms with Crippen molar-refractivity contribution in [3.05, 3.63) is 47.3 Å². The maximum atomic E-state index is 13.3. The normalized spacial score (nSPS) is 26.2. The summed E-state index contributed by atoms with van der Waals surface area (Å²) in [6, 6.07) is 12.7. The summed E-state index contributed by atoms with van der Waals surface area (Å²) in [7, 11) is 3.66. The van der Waals surface area contributed by atoms with Crippen LogP contribution in [0.2, 0.25) is 0 Å². The molecule has 5 heteroatoms. The number of nitrogens with zero attached hydrogens (tertiary/aromatic N) is 2. The van der Waals surface area contributed by atoms with Crippen LogP contribution in [0.3, 0.4) is 0 Å². The van der Waals surface area contributed by atoms with E-state index >= 15 is 0 Å². The van der Waals surface area contributed by atoms with Gasteiger partial charge < -0.3 is 9.80 Å². The number of benzene rings is 1. The summed E-state index contributed by atoms with van der Waals surface area (Å²) in [5.41, 5.74) is 1.82. The third-order valence-electron chi connectivity index (χ3n) is 6.45. The van der Waals surface area contributed by atoms with Crippen LogP contribution in [0.15, 0.2) is 41.8 Å². The Labute approximate surface area is 177 Å². The zero-order chi connectivity index (χ0) is 20.6. The SMILES string of the molecule is C[C@@H]1C[C@H]1C(=O)N1CCC[C@](Cc2cccc(-c3cccs3)c2)(C(=O)N(C)C)C1. The van der Waals surface area contributed by atoms with Gasteiger partial charge in [-0.3, -0.25) is 9.59 Å². The zero-order valence-electron chi connectivity index (χ0n) is 17.6. The molecule has 2 amide bonds. The Morgan fingerprint density at radius 3 is 2.69 bits per heavy atom. The fourth-order valence-corrected chi connectivity index (χ4v) is 5.48. The van der Waals surface area contributed by atoms with Crippen molar-refractivity contribution < 1.29 is 9.59 Å². The summed E-state index contributed by atoms with van der Waals surface area (Å²) in [5.74, 6) is 1.05. The molecule has 1 aromatic carbocycles. The average Bonchev–Trinajstić information content (AvgIpc) is 3.20. The molecular weight excluding hydrogens is 380 g/mol. The van der Waals surface area contributed by atoms with Crippen molar-refractivity contribution in [2.75, 3.05) is 27.2 Å². The number of thiophene rings is 1. The second-order valence-corrected chi connectivity index (χ2v) is 9.96. The maximum absolute atomic E-state index is 13.3. The van der Waals surface area contributed by atoms with Gasteiger partial charge in [0.25, 0.3) is 0 Å². The van der Waals surface area contributed by atoms with Crippen molar-refractivity contribution >= 4 is 23.2 Å². The van der Waals surface area contributed by atoms with Gasteiger partial charge in [-0.2, -0.15) is 0 Å². The minimum absolute atomic E-state index is 0.139. The fourth-order valence-electron chi connectivity index (χ4n) is 4.76. The molecule has 2 heterocycles. The Bertz CT molecular complexity index is 892. The topological polar surface area (TPSA) is 40.6 Å². The molecule has 4 rings (SSSR count). The molecule has 0 N–H and O–H groups in total. The minimum Gasteiger partial charge on any atom is -0.348 e. The largest absolute Gasteiger partial charge is 0.348 e. The Kier molecular flexibility index (Phi) is 5.52. The molecule has 29 heavy (non-hydrogen) atoms. The molecule has 4 nitrogen and oxygen atoms in total. The van der Waals surface area contributed by atoms with Crippen molar-refractivity contribution in [3.8, 4) is 10.4 Å². The highest BCUT2D eigenvalue weighted by Gasteiger charge is 2.48. The number of amides is 2. The zero-order valence-corrected chi connectivity index (χ0v) is 18.4.